The molecule has 2 N–H and O–H groups in total. The van der Waals surface area contributed by atoms with Gasteiger partial charge in [0.1, 0.15) is 0 Å². The van der Waals surface area contributed by atoms with Gasteiger partial charge in [0, 0.05) is 6.54 Å². The summed E-state index contributed by atoms with van der Waals surface area (Å²) in [5.41, 5.74) is 0. The molecule has 8 heavy (non-hydrogen) atoms. The van der Waals surface area contributed by atoms with Gasteiger partial charge < -0.3 is 10.6 Å². The van der Waals surface area contributed by atoms with Crippen LogP contribution in [0, 0.1) is 6.54 Å². The Kier molecular flexibility index (Phi) is 6.85. The fraction of sp³-hybridized carbons (Fsp3) is 0.833. The average Bonchev–Trinajstić information content (AvgIpc) is 1.81. The van der Waals surface area contributed by atoms with Crippen molar-refractivity contribution in [3.63, 3.8) is 0 Å². The smallest absolute Gasteiger partial charge is 0.0230 e. The predicted molar refractivity (Wildman–Crippen MR) is 36.5 cm³/mol. The Morgan fingerprint density at radius 2 is 2.25 bits per heavy atom. The van der Waals surface area contributed by atoms with E-state index in [0.29, 0.717) is 0 Å². The van der Waals surface area contributed by atoms with Gasteiger partial charge in [0.05, 0.1) is 0 Å². The molecule has 0 heterocycles. The van der Waals surface area contributed by atoms with Crippen LogP contribution in [0.3, 0.4) is 0 Å². The standard InChI is InChI=1S/C6H15N2/c1-3-8-6-4-5-7-2/h5,7-8H,3-4,6H2,1-2H3. The highest BCUT2D eigenvalue weighted by Crippen LogP contribution is 1.75. The van der Waals surface area contributed by atoms with E-state index in [-0.39, 0.29) is 0 Å². The first-order valence-electron chi connectivity index (χ1n) is 3.11. The van der Waals surface area contributed by atoms with Crippen molar-refractivity contribution in [2.75, 3.05) is 20.1 Å². The largest absolute Gasteiger partial charge is 0.317 e. The molecule has 0 aliphatic carbocycles. The number of hydrogen-bond acceptors (Lipinski definition) is 2. The molecule has 0 saturated carbocycles. The summed E-state index contributed by atoms with van der Waals surface area (Å²) < 4.78 is 0. The van der Waals surface area contributed by atoms with E-state index in [4.69, 9.17) is 0 Å². The second-order valence-corrected chi connectivity index (χ2v) is 1.64. The highest BCUT2D eigenvalue weighted by molar-refractivity contribution is 4.58. The van der Waals surface area contributed by atoms with Gasteiger partial charge in [-0.25, -0.2) is 0 Å². The van der Waals surface area contributed by atoms with Crippen LogP contribution in [0.4, 0.5) is 0 Å². The van der Waals surface area contributed by atoms with Crippen molar-refractivity contribution in [2.24, 2.45) is 0 Å². The van der Waals surface area contributed by atoms with Gasteiger partial charge in [-0.3, -0.25) is 0 Å². The summed E-state index contributed by atoms with van der Waals surface area (Å²) in [6.45, 7) is 6.30. The number of nitrogens with one attached hydrogen (secondary N) is 2. The molecule has 0 aliphatic heterocycles. The minimum Gasteiger partial charge on any atom is -0.317 e. The van der Waals surface area contributed by atoms with Crippen molar-refractivity contribution in [3.8, 4) is 0 Å². The second kappa shape index (κ2) is 6.92. The molecular weight excluding hydrogens is 100 g/mol. The van der Waals surface area contributed by atoms with Crippen LogP contribution in [0.15, 0.2) is 0 Å². The van der Waals surface area contributed by atoms with Gasteiger partial charge in [-0.05, 0) is 26.6 Å². The lowest BCUT2D eigenvalue weighted by Crippen LogP contribution is -2.16. The van der Waals surface area contributed by atoms with Crippen LogP contribution in [0.1, 0.15) is 13.3 Å². The lowest BCUT2D eigenvalue weighted by atomic mass is 10.4. The Labute approximate surface area is 51.7 Å². The maximum Gasteiger partial charge on any atom is 0.0230 e. The minimum atomic E-state index is 1.07. The molecule has 0 spiro atoms. The Hall–Kier alpha value is -0.0800. The fourth-order valence-electron chi connectivity index (χ4n) is 0.495. The quantitative estimate of drug-likeness (QED) is 0.506. The molecule has 2 heteroatoms. The first kappa shape index (κ1) is 7.92. The molecule has 0 atom stereocenters. The normalized spacial score (nSPS) is 9.75. The van der Waals surface area contributed by atoms with Crippen LogP contribution >= 0.6 is 0 Å². The summed E-state index contributed by atoms with van der Waals surface area (Å²) in [4.78, 5) is 0. The van der Waals surface area contributed by atoms with Crippen molar-refractivity contribution in [3.05, 3.63) is 6.54 Å². The molecule has 0 aliphatic rings. The molecule has 0 amide bonds. The monoisotopic (exact) mass is 115 g/mol. The summed E-state index contributed by atoms with van der Waals surface area (Å²) in [6.07, 6.45) is 1.10. The van der Waals surface area contributed by atoms with E-state index in [1.807, 2.05) is 13.6 Å². The Morgan fingerprint density at radius 1 is 1.50 bits per heavy atom. The van der Waals surface area contributed by atoms with Crippen LogP contribution < -0.4 is 10.6 Å². The van der Waals surface area contributed by atoms with Gasteiger partial charge >= 0.3 is 0 Å². The molecule has 0 fully saturated rings. The van der Waals surface area contributed by atoms with Crippen molar-refractivity contribution in [1.82, 2.24) is 10.6 Å². The van der Waals surface area contributed by atoms with E-state index in [1.165, 1.54) is 0 Å². The van der Waals surface area contributed by atoms with Crippen molar-refractivity contribution >= 4 is 0 Å². The van der Waals surface area contributed by atoms with Crippen LogP contribution in [0.25, 0.3) is 0 Å². The Bertz CT molecular complexity index is 31.5. The second-order valence-electron chi connectivity index (χ2n) is 1.64. The van der Waals surface area contributed by atoms with E-state index in [9.17, 15) is 0 Å². The van der Waals surface area contributed by atoms with Crippen LogP contribution in [-0.2, 0) is 0 Å². The maximum atomic E-state index is 3.21. The summed E-state index contributed by atoms with van der Waals surface area (Å²) in [6, 6.07) is 0. The van der Waals surface area contributed by atoms with Crippen molar-refractivity contribution in [1.29, 1.82) is 0 Å². The first-order chi connectivity index (χ1) is 3.91. The molecule has 0 aromatic heterocycles. The van der Waals surface area contributed by atoms with Gasteiger partial charge in [0.25, 0.3) is 0 Å². The molecule has 0 rings (SSSR count). The fourth-order valence-corrected chi connectivity index (χ4v) is 0.495. The van der Waals surface area contributed by atoms with Crippen LogP contribution in [-0.4, -0.2) is 20.1 Å². The maximum absolute atomic E-state index is 3.21. The Morgan fingerprint density at radius 3 is 2.75 bits per heavy atom. The Balaban J connectivity index is 2.53. The lowest BCUT2D eigenvalue weighted by Gasteiger charge is -1.97. The topological polar surface area (TPSA) is 24.1 Å². The molecule has 0 unspecified atom stereocenters. The molecule has 0 saturated heterocycles. The molecule has 49 valence electrons. The summed E-state index contributed by atoms with van der Waals surface area (Å²) in [5.74, 6) is 0. The highest BCUT2D eigenvalue weighted by atomic mass is 14.9. The number of rotatable bonds is 5. The summed E-state index contributed by atoms with van der Waals surface area (Å²) >= 11 is 0. The zero-order valence-corrected chi connectivity index (χ0v) is 5.70. The molecular formula is C6H15N2. The lowest BCUT2D eigenvalue weighted by molar-refractivity contribution is 0.689. The minimum absolute atomic E-state index is 1.07. The first-order valence-corrected chi connectivity index (χ1v) is 3.11. The van der Waals surface area contributed by atoms with Crippen molar-refractivity contribution in [2.45, 2.75) is 13.3 Å². The molecule has 0 aromatic carbocycles. The van der Waals surface area contributed by atoms with Gasteiger partial charge in [-0.1, -0.05) is 6.92 Å². The van der Waals surface area contributed by atoms with Gasteiger partial charge in [-0.15, -0.1) is 0 Å². The van der Waals surface area contributed by atoms with Gasteiger partial charge in [-0.2, -0.15) is 0 Å². The van der Waals surface area contributed by atoms with E-state index in [1.54, 1.807) is 0 Å². The van der Waals surface area contributed by atoms with Gasteiger partial charge in [0.2, 0.25) is 0 Å². The number of hydrogen-bond donors (Lipinski definition) is 2. The molecule has 1 radical (unpaired) electrons. The van der Waals surface area contributed by atoms with E-state index in [2.05, 4.69) is 17.6 Å². The molecule has 2 nitrogen and oxygen atoms in total. The third-order valence-electron chi connectivity index (χ3n) is 0.920. The predicted octanol–water partition coefficient (Wildman–Crippen LogP) is 0.367. The van der Waals surface area contributed by atoms with E-state index < -0.39 is 0 Å². The molecule has 0 bridgehead atoms. The average molecular weight is 115 g/mol. The summed E-state index contributed by atoms with van der Waals surface area (Å²) in [7, 11) is 1.92. The highest BCUT2D eigenvalue weighted by Gasteiger charge is 1.81. The third-order valence-corrected chi connectivity index (χ3v) is 0.920. The molecule has 0 aromatic rings. The zero-order valence-electron chi connectivity index (χ0n) is 5.70. The van der Waals surface area contributed by atoms with Gasteiger partial charge in [0.15, 0.2) is 0 Å². The van der Waals surface area contributed by atoms with E-state index in [0.717, 1.165) is 19.5 Å². The van der Waals surface area contributed by atoms with Crippen LogP contribution in [0.2, 0.25) is 0 Å². The van der Waals surface area contributed by atoms with Crippen molar-refractivity contribution < 1.29 is 0 Å². The third kappa shape index (κ3) is 5.92. The SMILES string of the molecule is CCNCC[CH]NC. The summed E-state index contributed by atoms with van der Waals surface area (Å²) in [5, 5.41) is 6.17. The van der Waals surface area contributed by atoms with E-state index >= 15 is 0 Å². The van der Waals surface area contributed by atoms with Crippen LogP contribution in [0.5, 0.6) is 0 Å². The zero-order chi connectivity index (χ0) is 6.24.